The number of nitrogens with one attached hydrogen (secondary N) is 1. The third kappa shape index (κ3) is 2.77. The van der Waals surface area contributed by atoms with Gasteiger partial charge in [-0.05, 0) is 18.2 Å². The van der Waals surface area contributed by atoms with Crippen LogP contribution in [0.25, 0.3) is 0 Å². The molecule has 0 aliphatic carbocycles. The summed E-state index contributed by atoms with van der Waals surface area (Å²) < 4.78 is 26.4. The molecular weight excluding hydrogens is 270 g/mol. The van der Waals surface area contributed by atoms with E-state index in [0.717, 1.165) is 24.3 Å². The number of benzene rings is 2. The van der Waals surface area contributed by atoms with E-state index in [1.807, 2.05) is 0 Å². The number of halogens is 2. The Kier molecular flexibility index (Phi) is 3.43. The van der Waals surface area contributed by atoms with Crippen LogP contribution in [0.15, 0.2) is 30.3 Å². The first-order valence-electron chi connectivity index (χ1n) is 5.45. The summed E-state index contributed by atoms with van der Waals surface area (Å²) in [4.78, 5) is 11.8. The van der Waals surface area contributed by atoms with Crippen molar-refractivity contribution in [2.75, 3.05) is 11.1 Å². The monoisotopic (exact) mass is 280 g/mol. The summed E-state index contributed by atoms with van der Waals surface area (Å²) in [7, 11) is 0. The number of rotatable bonds is 2. The van der Waals surface area contributed by atoms with Crippen molar-refractivity contribution < 1.29 is 23.8 Å². The largest absolute Gasteiger partial charge is 0.508 e. The highest BCUT2D eigenvalue weighted by Crippen LogP contribution is 2.24. The van der Waals surface area contributed by atoms with Crippen molar-refractivity contribution in [2.24, 2.45) is 0 Å². The number of phenols is 2. The maximum atomic E-state index is 13.5. The zero-order valence-corrected chi connectivity index (χ0v) is 10.0. The summed E-state index contributed by atoms with van der Waals surface area (Å²) >= 11 is 0. The molecule has 0 bridgehead atoms. The summed E-state index contributed by atoms with van der Waals surface area (Å²) in [5.74, 6) is -3.37. The summed E-state index contributed by atoms with van der Waals surface area (Å²) in [6.07, 6.45) is 0. The molecule has 0 radical (unpaired) electrons. The van der Waals surface area contributed by atoms with Gasteiger partial charge >= 0.3 is 0 Å². The Morgan fingerprint density at radius 3 is 2.20 bits per heavy atom. The molecule has 5 nitrogen and oxygen atoms in total. The molecule has 2 aromatic rings. The van der Waals surface area contributed by atoms with Crippen LogP contribution in [0.5, 0.6) is 11.5 Å². The van der Waals surface area contributed by atoms with Crippen LogP contribution in [-0.2, 0) is 0 Å². The molecule has 0 atom stereocenters. The summed E-state index contributed by atoms with van der Waals surface area (Å²) in [6.45, 7) is 0. The number of carbonyl (C=O) groups excluding carboxylic acids is 1. The molecule has 0 spiro atoms. The molecular formula is C13H10F2N2O3. The topological polar surface area (TPSA) is 95.6 Å². The van der Waals surface area contributed by atoms with E-state index in [4.69, 9.17) is 5.73 Å². The lowest BCUT2D eigenvalue weighted by atomic mass is 10.1. The van der Waals surface area contributed by atoms with Gasteiger partial charge in [-0.25, -0.2) is 8.78 Å². The first kappa shape index (κ1) is 13.6. The van der Waals surface area contributed by atoms with E-state index in [-0.39, 0.29) is 28.4 Å². The fourth-order valence-corrected chi connectivity index (χ4v) is 1.58. The van der Waals surface area contributed by atoms with Gasteiger partial charge < -0.3 is 21.3 Å². The molecule has 2 aromatic carbocycles. The molecule has 0 saturated heterocycles. The van der Waals surface area contributed by atoms with Crippen molar-refractivity contribution in [2.45, 2.75) is 0 Å². The van der Waals surface area contributed by atoms with Crippen LogP contribution in [0.2, 0.25) is 0 Å². The highest BCUT2D eigenvalue weighted by atomic mass is 19.1. The van der Waals surface area contributed by atoms with Gasteiger partial charge in [-0.2, -0.15) is 0 Å². The van der Waals surface area contributed by atoms with E-state index in [2.05, 4.69) is 5.32 Å². The van der Waals surface area contributed by atoms with Crippen molar-refractivity contribution in [1.82, 2.24) is 0 Å². The third-order valence-corrected chi connectivity index (χ3v) is 2.50. The van der Waals surface area contributed by atoms with Gasteiger partial charge in [0.05, 0.1) is 11.4 Å². The summed E-state index contributed by atoms with van der Waals surface area (Å²) in [5, 5.41) is 20.7. The smallest absolute Gasteiger partial charge is 0.256 e. The molecule has 0 heterocycles. The van der Waals surface area contributed by atoms with Crippen molar-refractivity contribution in [1.29, 1.82) is 0 Å². The normalized spacial score (nSPS) is 10.3. The average molecular weight is 280 g/mol. The number of anilines is 2. The van der Waals surface area contributed by atoms with Crippen LogP contribution >= 0.6 is 0 Å². The minimum absolute atomic E-state index is 0.0928. The third-order valence-electron chi connectivity index (χ3n) is 2.50. The lowest BCUT2D eigenvalue weighted by Gasteiger charge is -2.08. The Morgan fingerprint density at radius 1 is 1.00 bits per heavy atom. The SMILES string of the molecule is Nc1cc(NC(=O)c2cc(O)cc(O)c2)c(F)cc1F. The Balaban J connectivity index is 2.30. The molecule has 1 amide bonds. The van der Waals surface area contributed by atoms with E-state index in [0.29, 0.717) is 6.07 Å². The van der Waals surface area contributed by atoms with Crippen LogP contribution in [-0.4, -0.2) is 16.1 Å². The van der Waals surface area contributed by atoms with Gasteiger partial charge in [0, 0.05) is 17.7 Å². The van der Waals surface area contributed by atoms with Crippen molar-refractivity contribution in [3.8, 4) is 11.5 Å². The first-order valence-corrected chi connectivity index (χ1v) is 5.45. The molecule has 104 valence electrons. The summed E-state index contributed by atoms with van der Waals surface area (Å²) in [5.41, 5.74) is 4.56. The summed E-state index contributed by atoms with van der Waals surface area (Å²) in [6, 6.07) is 4.68. The van der Waals surface area contributed by atoms with Crippen molar-refractivity contribution >= 4 is 17.3 Å². The minimum atomic E-state index is -0.991. The second-order valence-corrected chi connectivity index (χ2v) is 4.05. The zero-order chi connectivity index (χ0) is 14.9. The Morgan fingerprint density at radius 2 is 1.60 bits per heavy atom. The molecule has 20 heavy (non-hydrogen) atoms. The minimum Gasteiger partial charge on any atom is -0.508 e. The molecule has 2 rings (SSSR count). The lowest BCUT2D eigenvalue weighted by molar-refractivity contribution is 0.102. The maximum Gasteiger partial charge on any atom is 0.256 e. The highest BCUT2D eigenvalue weighted by Gasteiger charge is 2.13. The predicted molar refractivity (Wildman–Crippen MR) is 68.5 cm³/mol. The predicted octanol–water partition coefficient (Wildman–Crippen LogP) is 2.21. The van der Waals surface area contributed by atoms with Crippen molar-refractivity contribution in [3.63, 3.8) is 0 Å². The van der Waals surface area contributed by atoms with E-state index in [1.54, 1.807) is 0 Å². The number of phenolic OH excluding ortho intramolecular Hbond substituents is 2. The average Bonchev–Trinajstić information content (AvgIpc) is 2.34. The van der Waals surface area contributed by atoms with Crippen LogP contribution in [0.3, 0.4) is 0 Å². The standard InChI is InChI=1S/C13H10F2N2O3/c14-9-4-10(15)12(5-11(9)16)17-13(20)6-1-7(18)3-8(19)2-6/h1-5,18-19H,16H2,(H,17,20). The van der Waals surface area contributed by atoms with Crippen LogP contribution in [0, 0.1) is 11.6 Å². The fourth-order valence-electron chi connectivity index (χ4n) is 1.58. The van der Waals surface area contributed by atoms with Gasteiger partial charge in [-0.1, -0.05) is 0 Å². The first-order chi connectivity index (χ1) is 9.36. The number of hydrogen-bond acceptors (Lipinski definition) is 4. The van der Waals surface area contributed by atoms with Gasteiger partial charge in [-0.3, -0.25) is 4.79 Å². The number of hydrogen-bond donors (Lipinski definition) is 4. The quantitative estimate of drug-likeness (QED) is 0.634. The molecule has 0 aliphatic heterocycles. The zero-order valence-electron chi connectivity index (χ0n) is 10.0. The lowest BCUT2D eigenvalue weighted by Crippen LogP contribution is -2.13. The molecule has 0 fully saturated rings. The van der Waals surface area contributed by atoms with Crippen molar-refractivity contribution in [3.05, 3.63) is 47.5 Å². The van der Waals surface area contributed by atoms with Gasteiger partial charge in [0.25, 0.3) is 5.91 Å². The molecule has 5 N–H and O–H groups in total. The molecule has 0 unspecified atom stereocenters. The van der Waals surface area contributed by atoms with Gasteiger partial charge in [0.2, 0.25) is 0 Å². The number of nitrogen functional groups attached to an aromatic ring is 1. The van der Waals surface area contributed by atoms with E-state index in [9.17, 15) is 23.8 Å². The van der Waals surface area contributed by atoms with E-state index < -0.39 is 17.5 Å². The Bertz CT molecular complexity index is 669. The number of aromatic hydroxyl groups is 2. The van der Waals surface area contributed by atoms with Crippen LogP contribution in [0.1, 0.15) is 10.4 Å². The van der Waals surface area contributed by atoms with Gasteiger partial charge in [-0.15, -0.1) is 0 Å². The van der Waals surface area contributed by atoms with Crippen LogP contribution in [0.4, 0.5) is 20.2 Å². The molecule has 0 saturated carbocycles. The Hall–Kier alpha value is -2.83. The second kappa shape index (κ2) is 5.04. The van der Waals surface area contributed by atoms with Gasteiger partial charge in [0.15, 0.2) is 0 Å². The molecule has 0 aliphatic rings. The number of carbonyl (C=O) groups is 1. The second-order valence-electron chi connectivity index (χ2n) is 4.05. The molecule has 0 aromatic heterocycles. The fraction of sp³-hybridized carbons (Fsp3) is 0. The Labute approximate surface area is 112 Å². The van der Waals surface area contributed by atoms with E-state index in [1.165, 1.54) is 0 Å². The van der Waals surface area contributed by atoms with Crippen LogP contribution < -0.4 is 11.1 Å². The number of nitrogens with two attached hydrogens (primary N) is 1. The maximum absolute atomic E-state index is 13.5. The number of amides is 1. The van der Waals surface area contributed by atoms with Gasteiger partial charge in [0.1, 0.15) is 23.1 Å². The van der Waals surface area contributed by atoms with E-state index >= 15 is 0 Å². The molecule has 7 heteroatoms. The highest BCUT2D eigenvalue weighted by molar-refractivity contribution is 6.05.